The van der Waals surface area contributed by atoms with Crippen LogP contribution in [0.2, 0.25) is 0 Å². The first-order chi connectivity index (χ1) is 34.3. The molecule has 1 amide bonds. The molecule has 0 aliphatic carbocycles. The van der Waals surface area contributed by atoms with Crippen LogP contribution < -0.4 is 38.7 Å². The Morgan fingerprint density at radius 2 is 1.08 bits per heavy atom. The Hall–Kier alpha value is -8.68. The van der Waals surface area contributed by atoms with Crippen molar-refractivity contribution in [2.45, 2.75) is 99.1 Å². The Morgan fingerprint density at radius 3 is 1.46 bits per heavy atom. The molecule has 0 aliphatic rings. The standard InChI is InChI=1S/C22H25N7O3.C15H17N5O2.C7H10N2O2.C2HF3O2/c1-3-9-28-13-17(11-25-28)20(30)23-10-15-5-7-16(8-6-15)12-29-19-18(21(31)26-22(29)32)27(4-2)14-24-19;1-2-19-9-17-13-12(19)14(21)18-15(22)20(13)8-11-5-3-10(7-16)4-6-11;1-2-3-9-5-6(4-8-9)7(10)11;3-2(4,5)1(6)7/h5-8,11,13-14H,3-4,9-10,12H2,1-2H3,(H,23,30)(H,26,31,32);3-6,9H,2,7-8,16H2,1H3,(H,18,21,22);4-5H,2-3H2,1H3,(H,10,11);(H,6,7). The van der Waals surface area contributed by atoms with Gasteiger partial charge in [-0.15, -0.1) is 0 Å². The SMILES string of the molecule is CCCn1cc(C(=O)NCc2ccc(Cn3c(=O)[nH]c(=O)c4c3ncn4CC)cc2)cn1.CCCn1cc(C(=O)O)cn1.CCn1cnc2c1c(=O)[nH]c(=O)n2Cc1ccc(C[NH3+])cc1.O=C([O-])C(F)(F)F. The fourth-order valence-electron chi connectivity index (χ4n) is 6.90. The lowest BCUT2D eigenvalue weighted by Gasteiger charge is -2.09. The zero-order valence-electron chi connectivity index (χ0n) is 39.7. The molecule has 0 spiro atoms. The first-order valence-electron chi connectivity index (χ1n) is 22.5. The van der Waals surface area contributed by atoms with Crippen molar-refractivity contribution < 1.29 is 43.5 Å². The van der Waals surface area contributed by atoms with E-state index in [4.69, 9.17) is 15.0 Å². The van der Waals surface area contributed by atoms with Gasteiger partial charge >= 0.3 is 23.5 Å². The Kier molecular flexibility index (Phi) is 18.6. The van der Waals surface area contributed by atoms with Gasteiger partial charge in [-0.2, -0.15) is 23.4 Å². The summed E-state index contributed by atoms with van der Waals surface area (Å²) >= 11 is 0. The maximum absolute atomic E-state index is 12.4. The lowest BCUT2D eigenvalue weighted by atomic mass is 10.1. The zero-order valence-corrected chi connectivity index (χ0v) is 39.7. The molecule has 0 saturated heterocycles. The van der Waals surface area contributed by atoms with E-state index in [1.165, 1.54) is 21.5 Å². The van der Waals surface area contributed by atoms with E-state index in [2.05, 4.69) is 48.1 Å². The molecule has 23 nitrogen and oxygen atoms in total. The molecule has 6 heterocycles. The molecule has 8 aromatic rings. The molecule has 0 radical (unpaired) electrons. The second kappa shape index (κ2) is 24.7. The third-order valence-corrected chi connectivity index (χ3v) is 10.6. The molecular formula is C46H53F3N14O9. The van der Waals surface area contributed by atoms with Gasteiger partial charge in [0.2, 0.25) is 0 Å². The fraction of sp³-hybridized carbons (Fsp3) is 0.326. The number of aryl methyl sites for hydroxylation is 4. The summed E-state index contributed by atoms with van der Waals surface area (Å²) in [6.07, 6.45) is 6.06. The number of aromatic amines is 2. The number of carboxylic acid groups (broad SMARTS) is 2. The fourth-order valence-corrected chi connectivity index (χ4v) is 6.90. The number of hydrogen-bond acceptors (Lipinski definition) is 12. The van der Waals surface area contributed by atoms with Crippen molar-refractivity contribution >= 4 is 40.2 Å². The first-order valence-corrected chi connectivity index (χ1v) is 22.5. The Morgan fingerprint density at radius 1 is 0.681 bits per heavy atom. The second-order valence-corrected chi connectivity index (χ2v) is 15.7. The third-order valence-electron chi connectivity index (χ3n) is 10.6. The van der Waals surface area contributed by atoms with Crippen molar-refractivity contribution in [2.75, 3.05) is 0 Å². The zero-order chi connectivity index (χ0) is 52.7. The molecule has 7 N–H and O–H groups in total. The van der Waals surface area contributed by atoms with E-state index in [1.807, 2.05) is 69.3 Å². The van der Waals surface area contributed by atoms with Gasteiger partial charge < -0.3 is 35.2 Å². The first kappa shape index (κ1) is 54.3. The number of aromatic nitrogens is 12. The maximum Gasteiger partial charge on any atom is 0.430 e. The number of aromatic carboxylic acids is 1. The number of rotatable bonds is 15. The molecule has 6 aromatic heterocycles. The van der Waals surface area contributed by atoms with Crippen molar-refractivity contribution in [3.05, 3.63) is 161 Å². The monoisotopic (exact) mass is 1000 g/mol. The summed E-state index contributed by atoms with van der Waals surface area (Å²) in [4.78, 5) is 93.4. The average Bonchev–Trinajstić information content (AvgIpc) is 4.19. The van der Waals surface area contributed by atoms with E-state index in [-0.39, 0.29) is 18.0 Å². The molecule has 0 fully saturated rings. The molecule has 72 heavy (non-hydrogen) atoms. The quantitative estimate of drug-likeness (QED) is 0.0974. The number of aliphatic carboxylic acids is 1. The number of carboxylic acids is 2. The normalized spacial score (nSPS) is 11.0. The predicted molar refractivity (Wildman–Crippen MR) is 252 cm³/mol. The minimum atomic E-state index is -5.19. The number of hydrogen-bond donors (Lipinski definition) is 5. The summed E-state index contributed by atoms with van der Waals surface area (Å²) in [6.45, 7) is 12.4. The molecule has 0 bridgehead atoms. The van der Waals surface area contributed by atoms with Gasteiger partial charge in [0, 0.05) is 50.7 Å². The van der Waals surface area contributed by atoms with Crippen LogP contribution in [-0.2, 0) is 57.2 Å². The molecule has 0 atom stereocenters. The highest BCUT2D eigenvalue weighted by atomic mass is 19.4. The summed E-state index contributed by atoms with van der Waals surface area (Å²) in [5.41, 5.74) is 8.34. The number of quaternary nitrogens is 1. The largest absolute Gasteiger partial charge is 0.542 e. The summed E-state index contributed by atoms with van der Waals surface area (Å²) in [6, 6.07) is 15.5. The van der Waals surface area contributed by atoms with E-state index < -0.39 is 40.6 Å². The number of benzene rings is 2. The minimum Gasteiger partial charge on any atom is -0.542 e. The number of halogens is 3. The van der Waals surface area contributed by atoms with Gasteiger partial charge in [-0.25, -0.2) is 24.4 Å². The maximum atomic E-state index is 12.4. The van der Waals surface area contributed by atoms with Gasteiger partial charge in [-0.05, 0) is 43.4 Å². The number of imidazole rings is 2. The van der Waals surface area contributed by atoms with Crippen molar-refractivity contribution in [1.29, 1.82) is 0 Å². The number of nitrogens with zero attached hydrogens (tertiary/aromatic N) is 10. The van der Waals surface area contributed by atoms with E-state index in [0.29, 0.717) is 54.1 Å². The molecule has 0 saturated carbocycles. The molecular weight excluding hydrogens is 950 g/mol. The highest BCUT2D eigenvalue weighted by Crippen LogP contribution is 2.13. The summed E-state index contributed by atoms with van der Waals surface area (Å²) < 4.78 is 41.3. The topological polar surface area (TPSA) is 315 Å². The van der Waals surface area contributed by atoms with Gasteiger partial charge in [-0.3, -0.25) is 42.8 Å². The van der Waals surface area contributed by atoms with Crippen LogP contribution in [-0.4, -0.2) is 86.9 Å². The third kappa shape index (κ3) is 14.0. The second-order valence-electron chi connectivity index (χ2n) is 15.7. The van der Waals surface area contributed by atoms with E-state index >= 15 is 0 Å². The lowest BCUT2D eigenvalue weighted by molar-refractivity contribution is -0.386. The number of nitrogens with one attached hydrogen (secondary N) is 3. The summed E-state index contributed by atoms with van der Waals surface area (Å²) in [5, 5.41) is 28.2. The van der Waals surface area contributed by atoms with Crippen LogP contribution in [0.1, 0.15) is 83.5 Å². The van der Waals surface area contributed by atoms with Crippen molar-refractivity contribution in [1.82, 2.24) is 63.1 Å². The summed E-state index contributed by atoms with van der Waals surface area (Å²) in [5.74, 6) is -4.11. The Labute approximate surface area is 406 Å². The van der Waals surface area contributed by atoms with Gasteiger partial charge in [0.25, 0.3) is 17.0 Å². The molecule has 26 heteroatoms. The number of alkyl halides is 3. The van der Waals surface area contributed by atoms with Crippen LogP contribution in [0.15, 0.2) is 105 Å². The highest BCUT2D eigenvalue weighted by molar-refractivity contribution is 5.93. The van der Waals surface area contributed by atoms with E-state index in [1.54, 1.807) is 43.5 Å². The lowest BCUT2D eigenvalue weighted by Crippen LogP contribution is -2.47. The Balaban J connectivity index is 0.000000206. The van der Waals surface area contributed by atoms with Crippen LogP contribution >= 0.6 is 0 Å². The van der Waals surface area contributed by atoms with E-state index in [0.717, 1.165) is 54.7 Å². The number of carbonyl (C=O) groups is 3. The van der Waals surface area contributed by atoms with Crippen molar-refractivity contribution in [3.63, 3.8) is 0 Å². The van der Waals surface area contributed by atoms with Crippen LogP contribution in [0.25, 0.3) is 22.3 Å². The van der Waals surface area contributed by atoms with Gasteiger partial charge in [0.1, 0.15) is 5.97 Å². The van der Waals surface area contributed by atoms with Crippen LogP contribution in [0, 0.1) is 0 Å². The van der Waals surface area contributed by atoms with Gasteiger partial charge in [-0.1, -0.05) is 62.4 Å². The van der Waals surface area contributed by atoms with Gasteiger partial charge in [0.05, 0.1) is 55.8 Å². The predicted octanol–water partition coefficient (Wildman–Crippen LogP) is 1.48. The molecule has 382 valence electrons. The highest BCUT2D eigenvalue weighted by Gasteiger charge is 2.29. The number of amides is 1. The van der Waals surface area contributed by atoms with Crippen molar-refractivity contribution in [2.24, 2.45) is 0 Å². The van der Waals surface area contributed by atoms with Crippen molar-refractivity contribution in [3.8, 4) is 0 Å². The number of carbonyl (C=O) groups excluding carboxylic acids is 2. The van der Waals surface area contributed by atoms with Crippen LogP contribution in [0.5, 0.6) is 0 Å². The van der Waals surface area contributed by atoms with Crippen LogP contribution in [0.4, 0.5) is 13.2 Å². The van der Waals surface area contributed by atoms with E-state index in [9.17, 15) is 41.9 Å². The molecule has 0 unspecified atom stereocenters. The molecule has 2 aromatic carbocycles. The molecule has 8 rings (SSSR count). The molecule has 0 aliphatic heterocycles. The smallest absolute Gasteiger partial charge is 0.430 e. The van der Waals surface area contributed by atoms with Crippen LogP contribution in [0.3, 0.4) is 0 Å². The van der Waals surface area contributed by atoms with Gasteiger partial charge in [0.15, 0.2) is 22.3 Å². The summed E-state index contributed by atoms with van der Waals surface area (Å²) in [7, 11) is 0. The number of fused-ring (bicyclic) bond motifs is 2. The number of H-pyrrole nitrogens is 2. The minimum absolute atomic E-state index is 0.176. The average molecular weight is 1000 g/mol. The Bertz CT molecular complexity index is 3360.